The second kappa shape index (κ2) is 4.29. The highest BCUT2D eigenvalue weighted by Crippen LogP contribution is 2.47. The van der Waals surface area contributed by atoms with Gasteiger partial charge in [0, 0.05) is 0 Å². The lowest BCUT2D eigenvalue weighted by Gasteiger charge is -2.44. The monoisotopic (exact) mass is 196 g/mol. The van der Waals surface area contributed by atoms with Gasteiger partial charge in [-0.3, -0.25) is 0 Å². The highest BCUT2D eigenvalue weighted by atomic mass is 19.1. The Bertz CT molecular complexity index is 221. The van der Waals surface area contributed by atoms with Gasteiger partial charge in [0.25, 0.3) is 0 Å². The Balaban J connectivity index is 2.27. The zero-order valence-electron chi connectivity index (χ0n) is 9.35. The highest BCUT2D eigenvalue weighted by Gasteiger charge is 2.44. The lowest BCUT2D eigenvalue weighted by molar-refractivity contribution is -0.0200. The third-order valence-corrected chi connectivity index (χ3v) is 3.38. The van der Waals surface area contributed by atoms with Crippen molar-refractivity contribution in [3.05, 3.63) is 24.8 Å². The van der Waals surface area contributed by atoms with Crippen LogP contribution in [0.4, 0.5) is 4.39 Å². The molecule has 0 radical (unpaired) electrons. The van der Waals surface area contributed by atoms with Gasteiger partial charge in [0.1, 0.15) is 5.67 Å². The minimum atomic E-state index is -0.902. The standard InChI is InChI=1S/C13H21F/c1-5-11(4)6-7-13(14)8-12(9-13)10(2)3/h5,10,12H,1,4,6-9H2,2-3H3. The average molecular weight is 196 g/mol. The van der Waals surface area contributed by atoms with E-state index in [1.54, 1.807) is 6.08 Å². The van der Waals surface area contributed by atoms with Gasteiger partial charge < -0.3 is 0 Å². The van der Waals surface area contributed by atoms with Crippen molar-refractivity contribution in [2.75, 3.05) is 0 Å². The normalized spacial score (nSPS) is 31.3. The molecule has 80 valence electrons. The Kier molecular flexibility index (Phi) is 3.52. The van der Waals surface area contributed by atoms with Crippen molar-refractivity contribution >= 4 is 0 Å². The zero-order valence-corrected chi connectivity index (χ0v) is 9.35. The molecule has 0 amide bonds. The number of hydrogen-bond acceptors (Lipinski definition) is 0. The van der Waals surface area contributed by atoms with E-state index < -0.39 is 5.67 Å². The molecular formula is C13H21F. The summed E-state index contributed by atoms with van der Waals surface area (Å²) in [5.74, 6) is 1.22. The van der Waals surface area contributed by atoms with Crippen LogP contribution in [0.2, 0.25) is 0 Å². The molecule has 0 saturated heterocycles. The van der Waals surface area contributed by atoms with Crippen molar-refractivity contribution in [1.82, 2.24) is 0 Å². The fourth-order valence-corrected chi connectivity index (χ4v) is 2.04. The minimum absolute atomic E-state index is 0.594. The number of hydrogen-bond donors (Lipinski definition) is 0. The van der Waals surface area contributed by atoms with Crippen LogP contribution in [0, 0.1) is 11.8 Å². The van der Waals surface area contributed by atoms with Gasteiger partial charge in [0.15, 0.2) is 0 Å². The average Bonchev–Trinajstić information content (AvgIpc) is 2.09. The lowest BCUT2D eigenvalue weighted by Crippen LogP contribution is -2.42. The molecule has 1 aliphatic carbocycles. The Hall–Kier alpha value is -0.590. The molecular weight excluding hydrogens is 175 g/mol. The number of rotatable bonds is 5. The molecule has 0 aromatic rings. The second-order valence-electron chi connectivity index (χ2n) is 4.93. The maximum Gasteiger partial charge on any atom is 0.112 e. The van der Waals surface area contributed by atoms with Crippen LogP contribution in [0.3, 0.4) is 0 Å². The summed E-state index contributed by atoms with van der Waals surface area (Å²) in [6, 6.07) is 0. The van der Waals surface area contributed by atoms with Crippen molar-refractivity contribution in [1.29, 1.82) is 0 Å². The lowest BCUT2D eigenvalue weighted by atomic mass is 9.65. The van der Waals surface area contributed by atoms with Gasteiger partial charge in [-0.2, -0.15) is 0 Å². The van der Waals surface area contributed by atoms with Crippen molar-refractivity contribution in [3.8, 4) is 0 Å². The molecule has 0 aromatic carbocycles. The first kappa shape index (κ1) is 11.5. The SMILES string of the molecule is C=CC(=C)CCC1(F)CC(C(C)C)C1. The highest BCUT2D eigenvalue weighted by molar-refractivity contribution is 5.12. The molecule has 14 heavy (non-hydrogen) atoms. The molecule has 1 rings (SSSR count). The maximum absolute atomic E-state index is 13.9. The molecule has 0 bridgehead atoms. The van der Waals surface area contributed by atoms with E-state index in [1.165, 1.54) is 0 Å². The van der Waals surface area contributed by atoms with E-state index in [4.69, 9.17) is 0 Å². The first-order chi connectivity index (χ1) is 6.47. The summed E-state index contributed by atoms with van der Waals surface area (Å²) in [7, 11) is 0. The van der Waals surface area contributed by atoms with Crippen LogP contribution in [0.1, 0.15) is 39.5 Å². The Labute approximate surface area is 86.9 Å². The molecule has 1 fully saturated rings. The maximum atomic E-state index is 13.9. The predicted octanol–water partition coefficient (Wildman–Crippen LogP) is 4.28. The molecule has 1 saturated carbocycles. The Morgan fingerprint density at radius 3 is 2.57 bits per heavy atom. The van der Waals surface area contributed by atoms with Crippen LogP contribution in [0.25, 0.3) is 0 Å². The molecule has 0 atom stereocenters. The summed E-state index contributed by atoms with van der Waals surface area (Å²) in [4.78, 5) is 0. The zero-order chi connectivity index (χ0) is 10.8. The predicted molar refractivity (Wildman–Crippen MR) is 60.0 cm³/mol. The molecule has 0 N–H and O–H groups in total. The van der Waals surface area contributed by atoms with E-state index in [0.717, 1.165) is 24.8 Å². The fraction of sp³-hybridized carbons (Fsp3) is 0.692. The van der Waals surface area contributed by atoms with Gasteiger partial charge in [0.05, 0.1) is 0 Å². The summed E-state index contributed by atoms with van der Waals surface area (Å²) >= 11 is 0. The number of alkyl halides is 1. The van der Waals surface area contributed by atoms with Crippen molar-refractivity contribution in [2.24, 2.45) is 11.8 Å². The van der Waals surface area contributed by atoms with Gasteiger partial charge in [-0.25, -0.2) is 4.39 Å². The summed E-state index contributed by atoms with van der Waals surface area (Å²) in [5, 5.41) is 0. The third kappa shape index (κ3) is 2.70. The van der Waals surface area contributed by atoms with E-state index in [9.17, 15) is 4.39 Å². The van der Waals surface area contributed by atoms with Gasteiger partial charge in [-0.1, -0.05) is 38.7 Å². The van der Waals surface area contributed by atoms with Crippen molar-refractivity contribution < 1.29 is 4.39 Å². The Morgan fingerprint density at radius 1 is 1.57 bits per heavy atom. The van der Waals surface area contributed by atoms with Gasteiger partial charge >= 0.3 is 0 Å². The van der Waals surface area contributed by atoms with Crippen LogP contribution in [0.15, 0.2) is 24.8 Å². The number of halogens is 1. The Morgan fingerprint density at radius 2 is 2.14 bits per heavy atom. The molecule has 0 aromatic heterocycles. The minimum Gasteiger partial charge on any atom is -0.244 e. The van der Waals surface area contributed by atoms with Crippen LogP contribution < -0.4 is 0 Å². The second-order valence-corrected chi connectivity index (χ2v) is 4.93. The number of allylic oxidation sites excluding steroid dienone is 2. The van der Waals surface area contributed by atoms with E-state index in [-0.39, 0.29) is 0 Å². The summed E-state index contributed by atoms with van der Waals surface area (Å²) < 4.78 is 13.9. The molecule has 1 aliphatic rings. The summed E-state index contributed by atoms with van der Waals surface area (Å²) in [5.41, 5.74) is 0.0518. The quantitative estimate of drug-likeness (QED) is 0.576. The van der Waals surface area contributed by atoms with E-state index in [0.29, 0.717) is 18.3 Å². The topological polar surface area (TPSA) is 0 Å². The fourth-order valence-electron chi connectivity index (χ4n) is 2.04. The molecule has 0 aliphatic heterocycles. The van der Waals surface area contributed by atoms with E-state index in [2.05, 4.69) is 27.0 Å². The van der Waals surface area contributed by atoms with Gasteiger partial charge in [-0.15, -0.1) is 0 Å². The van der Waals surface area contributed by atoms with Gasteiger partial charge in [-0.05, 0) is 37.5 Å². The van der Waals surface area contributed by atoms with Gasteiger partial charge in [0.2, 0.25) is 0 Å². The molecule has 0 unspecified atom stereocenters. The summed E-state index contributed by atoms with van der Waals surface area (Å²) in [6.07, 6.45) is 4.60. The molecule has 0 heterocycles. The smallest absolute Gasteiger partial charge is 0.112 e. The van der Waals surface area contributed by atoms with Crippen LogP contribution in [-0.4, -0.2) is 5.67 Å². The first-order valence-electron chi connectivity index (χ1n) is 5.46. The molecule has 0 nitrogen and oxygen atoms in total. The van der Waals surface area contributed by atoms with Crippen molar-refractivity contribution in [2.45, 2.75) is 45.2 Å². The molecule has 1 heteroatoms. The third-order valence-electron chi connectivity index (χ3n) is 3.38. The van der Waals surface area contributed by atoms with Crippen molar-refractivity contribution in [3.63, 3.8) is 0 Å². The molecule has 0 spiro atoms. The van der Waals surface area contributed by atoms with Crippen LogP contribution in [-0.2, 0) is 0 Å². The summed E-state index contributed by atoms with van der Waals surface area (Å²) in [6.45, 7) is 11.8. The largest absolute Gasteiger partial charge is 0.244 e. The van der Waals surface area contributed by atoms with Crippen LogP contribution >= 0.6 is 0 Å². The van der Waals surface area contributed by atoms with E-state index in [1.807, 2.05) is 0 Å². The van der Waals surface area contributed by atoms with Crippen LogP contribution in [0.5, 0.6) is 0 Å². The van der Waals surface area contributed by atoms with E-state index >= 15 is 0 Å². The first-order valence-corrected chi connectivity index (χ1v) is 5.46.